The average molecular weight is 430 g/mol. The highest BCUT2D eigenvalue weighted by Gasteiger charge is 2.30. The number of alkyl halides is 3. The second-order valence-electron chi connectivity index (χ2n) is 6.36. The summed E-state index contributed by atoms with van der Waals surface area (Å²) in [4.78, 5) is 4.85. The lowest BCUT2D eigenvalue weighted by Crippen LogP contribution is -2.37. The zero-order chi connectivity index (χ0) is 21.1. The Labute approximate surface area is 165 Å². The summed E-state index contributed by atoms with van der Waals surface area (Å²) in [6.45, 7) is 0.0346. The molecule has 1 heterocycles. The molecule has 1 N–H and O–H groups in total. The second kappa shape index (κ2) is 8.52. The molecule has 0 amide bonds. The predicted molar refractivity (Wildman–Crippen MR) is 97.2 cm³/mol. The molecule has 1 aliphatic heterocycles. The van der Waals surface area contributed by atoms with Crippen LogP contribution >= 0.6 is 0 Å². The molecule has 2 aromatic carbocycles. The second-order valence-corrected chi connectivity index (χ2v) is 8.27. The minimum absolute atomic E-state index is 0.0198. The smallest absolute Gasteiger partial charge is 0.272 e. The van der Waals surface area contributed by atoms with Crippen LogP contribution in [0.1, 0.15) is 17.5 Å². The van der Waals surface area contributed by atoms with Crippen molar-refractivity contribution in [2.45, 2.75) is 24.1 Å². The predicted octanol–water partition coefficient (Wildman–Crippen LogP) is 3.84. The van der Waals surface area contributed by atoms with Gasteiger partial charge in [0.05, 0.1) is 12.2 Å². The van der Waals surface area contributed by atoms with E-state index in [-0.39, 0.29) is 31.0 Å². The Morgan fingerprint density at radius 1 is 1.10 bits per heavy atom. The first kappa shape index (κ1) is 21.3. The minimum Gasteiger partial charge on any atom is -0.272 e. The monoisotopic (exact) mass is 430 g/mol. The summed E-state index contributed by atoms with van der Waals surface area (Å²) < 4.78 is 78.2. The Balaban J connectivity index is 1.56. The molecule has 10 heteroatoms. The summed E-state index contributed by atoms with van der Waals surface area (Å²) >= 11 is 0. The van der Waals surface area contributed by atoms with Gasteiger partial charge in [-0.05, 0) is 35.9 Å². The molecule has 0 saturated heterocycles. The van der Waals surface area contributed by atoms with Gasteiger partial charge in [-0.15, -0.1) is 0 Å². The summed E-state index contributed by atoms with van der Waals surface area (Å²) in [5.74, 6) is -0.815. The average Bonchev–Trinajstić information content (AvgIpc) is 2.68. The molecule has 0 atom stereocenters. The van der Waals surface area contributed by atoms with E-state index >= 15 is 0 Å². The minimum atomic E-state index is -4.43. The van der Waals surface area contributed by atoms with E-state index in [0.717, 1.165) is 22.5 Å². The van der Waals surface area contributed by atoms with Crippen molar-refractivity contribution < 1.29 is 30.8 Å². The molecule has 5 nitrogen and oxygen atoms in total. The Morgan fingerprint density at radius 3 is 2.52 bits per heavy atom. The number of hydrogen-bond donors (Lipinski definition) is 1. The van der Waals surface area contributed by atoms with E-state index in [1.807, 2.05) is 0 Å². The molecule has 1 aliphatic rings. The zero-order valence-corrected chi connectivity index (χ0v) is 15.9. The molecule has 0 bridgehead atoms. The van der Waals surface area contributed by atoms with Gasteiger partial charge in [-0.1, -0.05) is 24.3 Å². The maximum Gasteiger partial charge on any atom is 0.416 e. The van der Waals surface area contributed by atoms with E-state index in [4.69, 9.17) is 4.84 Å². The summed E-state index contributed by atoms with van der Waals surface area (Å²) in [6.07, 6.45) is -2.56. The van der Waals surface area contributed by atoms with Crippen LogP contribution < -0.4 is 5.48 Å². The lowest BCUT2D eigenvalue weighted by atomic mass is 10.1. The van der Waals surface area contributed by atoms with E-state index < -0.39 is 27.6 Å². The van der Waals surface area contributed by atoms with Crippen molar-refractivity contribution in [1.82, 2.24) is 9.79 Å². The fourth-order valence-electron chi connectivity index (χ4n) is 2.80. The lowest BCUT2D eigenvalue weighted by molar-refractivity contribution is -0.137. The highest BCUT2D eigenvalue weighted by Crippen LogP contribution is 2.29. The Morgan fingerprint density at radius 2 is 1.86 bits per heavy atom. The van der Waals surface area contributed by atoms with E-state index in [2.05, 4.69) is 5.48 Å². The number of hydroxylamine groups is 1. The maximum atomic E-state index is 13.8. The number of nitrogens with zero attached hydrogens (tertiary/aromatic N) is 1. The molecule has 0 spiro atoms. The van der Waals surface area contributed by atoms with Crippen molar-refractivity contribution in [2.75, 3.05) is 13.1 Å². The van der Waals surface area contributed by atoms with Gasteiger partial charge in [-0.25, -0.2) is 12.8 Å². The topological polar surface area (TPSA) is 58.6 Å². The summed E-state index contributed by atoms with van der Waals surface area (Å²) in [5.41, 5.74) is 2.81. The summed E-state index contributed by atoms with van der Waals surface area (Å²) in [6, 6.07) is 9.94. The third-order valence-electron chi connectivity index (χ3n) is 4.32. The van der Waals surface area contributed by atoms with Crippen LogP contribution in [-0.2, 0) is 27.6 Å². The van der Waals surface area contributed by atoms with Crippen LogP contribution in [0, 0.1) is 5.82 Å². The molecule has 0 fully saturated rings. The summed E-state index contributed by atoms with van der Waals surface area (Å²) in [5, 5.41) is 0. The van der Waals surface area contributed by atoms with Gasteiger partial charge in [0.1, 0.15) is 10.7 Å². The number of hydrogen-bond acceptors (Lipinski definition) is 4. The number of nitrogens with one attached hydrogen (secondary N) is 1. The molecule has 29 heavy (non-hydrogen) atoms. The molecule has 156 valence electrons. The van der Waals surface area contributed by atoms with Gasteiger partial charge < -0.3 is 0 Å². The normalized spacial score (nSPS) is 15.8. The summed E-state index contributed by atoms with van der Waals surface area (Å²) in [7, 11) is -3.96. The van der Waals surface area contributed by atoms with Crippen molar-refractivity contribution in [1.29, 1.82) is 0 Å². The van der Waals surface area contributed by atoms with Crippen LogP contribution in [0.5, 0.6) is 0 Å². The number of benzene rings is 2. The molecule has 0 aromatic heterocycles. The van der Waals surface area contributed by atoms with Crippen LogP contribution in [0.15, 0.2) is 65.2 Å². The van der Waals surface area contributed by atoms with E-state index in [1.54, 1.807) is 6.08 Å². The van der Waals surface area contributed by atoms with Gasteiger partial charge in [0.25, 0.3) is 0 Å². The van der Waals surface area contributed by atoms with Gasteiger partial charge in [-0.3, -0.25) is 10.3 Å². The molecular weight excluding hydrogens is 412 g/mol. The van der Waals surface area contributed by atoms with Gasteiger partial charge in [0, 0.05) is 25.2 Å². The molecule has 0 unspecified atom stereocenters. The van der Waals surface area contributed by atoms with Crippen molar-refractivity contribution >= 4 is 10.0 Å². The Kier molecular flexibility index (Phi) is 6.25. The van der Waals surface area contributed by atoms with Crippen molar-refractivity contribution in [3.63, 3.8) is 0 Å². The SMILES string of the molecule is O=S(=O)(c1ccccc1F)N1CC=C(NOCc2cccc(C(F)(F)F)c2)CC1. The Bertz CT molecular complexity index is 1010. The fraction of sp³-hybridized carbons (Fsp3) is 0.263. The van der Waals surface area contributed by atoms with Crippen LogP contribution in [0.25, 0.3) is 0 Å². The first-order valence-corrected chi connectivity index (χ1v) is 10.1. The third kappa shape index (κ3) is 5.14. The number of sulfonamides is 1. The molecule has 0 radical (unpaired) electrons. The lowest BCUT2D eigenvalue weighted by Gasteiger charge is -2.26. The van der Waals surface area contributed by atoms with Gasteiger partial charge >= 0.3 is 6.18 Å². The molecular formula is C19H18F4N2O3S. The van der Waals surface area contributed by atoms with Crippen molar-refractivity contribution in [2.24, 2.45) is 0 Å². The highest BCUT2D eigenvalue weighted by atomic mass is 32.2. The first-order valence-electron chi connectivity index (χ1n) is 8.65. The van der Waals surface area contributed by atoms with Gasteiger partial charge in [-0.2, -0.15) is 17.5 Å². The molecule has 2 aromatic rings. The van der Waals surface area contributed by atoms with Gasteiger partial charge in [0.15, 0.2) is 0 Å². The number of rotatable bonds is 6. The van der Waals surface area contributed by atoms with Crippen molar-refractivity contribution in [3.8, 4) is 0 Å². The Hall–Kier alpha value is -2.43. The first-order chi connectivity index (χ1) is 13.7. The van der Waals surface area contributed by atoms with E-state index in [1.165, 1.54) is 30.3 Å². The fourth-order valence-corrected chi connectivity index (χ4v) is 4.25. The third-order valence-corrected chi connectivity index (χ3v) is 6.22. The van der Waals surface area contributed by atoms with Crippen LogP contribution in [0.2, 0.25) is 0 Å². The maximum absolute atomic E-state index is 13.8. The van der Waals surface area contributed by atoms with Crippen LogP contribution in [0.3, 0.4) is 0 Å². The van der Waals surface area contributed by atoms with Crippen molar-refractivity contribution in [3.05, 3.63) is 77.2 Å². The largest absolute Gasteiger partial charge is 0.416 e. The zero-order valence-electron chi connectivity index (χ0n) is 15.1. The number of halogens is 4. The quantitative estimate of drug-likeness (QED) is 0.559. The van der Waals surface area contributed by atoms with Gasteiger partial charge in [0.2, 0.25) is 10.0 Å². The van der Waals surface area contributed by atoms with Crippen LogP contribution in [-0.4, -0.2) is 25.8 Å². The van der Waals surface area contributed by atoms with E-state index in [9.17, 15) is 26.0 Å². The standard InChI is InChI=1S/C19H18F4N2O3S/c20-17-6-1-2-7-18(17)29(26,27)25-10-8-16(9-11-25)24-28-13-14-4-3-5-15(12-14)19(21,22)23/h1-8,12,24H,9-11,13H2. The van der Waals surface area contributed by atoms with Crippen LogP contribution in [0.4, 0.5) is 17.6 Å². The highest BCUT2D eigenvalue weighted by molar-refractivity contribution is 7.89. The molecule has 3 rings (SSSR count). The molecule has 0 saturated carbocycles. The molecule has 0 aliphatic carbocycles. The van der Waals surface area contributed by atoms with E-state index in [0.29, 0.717) is 11.3 Å².